The van der Waals surface area contributed by atoms with Crippen LogP contribution in [-0.4, -0.2) is 13.2 Å². The van der Waals surface area contributed by atoms with E-state index >= 15 is 0 Å². The molecule has 2 rings (SSSR count). The van der Waals surface area contributed by atoms with Crippen LogP contribution in [0.25, 0.3) is 0 Å². The van der Waals surface area contributed by atoms with Crippen molar-refractivity contribution in [2.24, 2.45) is 10.8 Å². The summed E-state index contributed by atoms with van der Waals surface area (Å²) in [5.74, 6) is 6.28. The van der Waals surface area contributed by atoms with Crippen molar-refractivity contribution in [1.82, 2.24) is 0 Å². The maximum Gasteiger partial charge on any atom is 0.0717 e. The third-order valence-electron chi connectivity index (χ3n) is 4.84. The van der Waals surface area contributed by atoms with Gasteiger partial charge in [0.15, 0.2) is 0 Å². The van der Waals surface area contributed by atoms with Crippen LogP contribution in [0.5, 0.6) is 0 Å². The molecule has 0 N–H and O–H groups in total. The molecule has 164 valence electrons. The van der Waals surface area contributed by atoms with Gasteiger partial charge in [-0.3, -0.25) is 0 Å². The largest absolute Gasteiger partial charge is 0.376 e. The molecule has 0 bridgehead atoms. The summed E-state index contributed by atoms with van der Waals surface area (Å²) in [7, 11) is 0. The summed E-state index contributed by atoms with van der Waals surface area (Å²) in [6, 6.07) is 20.5. The Balaban J connectivity index is 2.14. The van der Waals surface area contributed by atoms with Gasteiger partial charge in [-0.15, -0.1) is 17.6 Å². The summed E-state index contributed by atoms with van der Waals surface area (Å²) >= 11 is 0. The van der Waals surface area contributed by atoms with E-state index in [1.165, 1.54) is 0 Å². The molecule has 31 heavy (non-hydrogen) atoms. The fraction of sp³-hybridized carbons (Fsp3) is 0.414. The van der Waals surface area contributed by atoms with Crippen LogP contribution in [0.1, 0.15) is 51.7 Å². The van der Waals surface area contributed by atoms with Gasteiger partial charge >= 0.3 is 0 Å². The van der Waals surface area contributed by atoms with Gasteiger partial charge in [0.25, 0.3) is 0 Å². The zero-order chi connectivity index (χ0) is 22.4. The van der Waals surface area contributed by atoms with Crippen molar-refractivity contribution in [3.05, 3.63) is 89.7 Å². The highest BCUT2D eigenvalue weighted by Crippen LogP contribution is 2.27. The zero-order valence-electron chi connectivity index (χ0n) is 19.5. The molecule has 2 heteroatoms. The molecular formula is C29H36O2. The van der Waals surface area contributed by atoms with E-state index in [1.54, 1.807) is 0 Å². The molecule has 2 aromatic rings. The van der Waals surface area contributed by atoms with E-state index in [9.17, 15) is 0 Å². The van der Waals surface area contributed by atoms with E-state index in [0.717, 1.165) is 17.5 Å². The molecule has 0 saturated heterocycles. The molecular weight excluding hydrogens is 380 g/mol. The van der Waals surface area contributed by atoms with E-state index in [-0.39, 0.29) is 10.8 Å². The van der Waals surface area contributed by atoms with Gasteiger partial charge in [-0.1, -0.05) is 81.4 Å². The molecule has 0 spiro atoms. The van der Waals surface area contributed by atoms with Gasteiger partial charge in [-0.2, -0.15) is 0 Å². The third kappa shape index (κ3) is 10.3. The van der Waals surface area contributed by atoms with Crippen LogP contribution in [0.4, 0.5) is 0 Å². The second-order valence-corrected chi connectivity index (χ2v) is 9.20. The lowest BCUT2D eigenvalue weighted by molar-refractivity contribution is -0.00636. The Morgan fingerprint density at radius 1 is 0.806 bits per heavy atom. The van der Waals surface area contributed by atoms with Gasteiger partial charge in [0.1, 0.15) is 0 Å². The van der Waals surface area contributed by atoms with Gasteiger partial charge in [0.05, 0.1) is 31.8 Å². The molecule has 2 aromatic carbocycles. The lowest BCUT2D eigenvalue weighted by Crippen LogP contribution is -2.30. The van der Waals surface area contributed by atoms with Crippen molar-refractivity contribution in [2.45, 2.75) is 53.8 Å². The van der Waals surface area contributed by atoms with Gasteiger partial charge < -0.3 is 9.47 Å². The number of hydrogen-bond donors (Lipinski definition) is 0. The lowest BCUT2D eigenvalue weighted by Gasteiger charge is -2.28. The van der Waals surface area contributed by atoms with Crippen LogP contribution in [0, 0.1) is 22.7 Å². The predicted octanol–water partition coefficient (Wildman–Crippen LogP) is 6.97. The molecule has 0 fully saturated rings. The van der Waals surface area contributed by atoms with Crippen molar-refractivity contribution in [3.63, 3.8) is 0 Å². The lowest BCUT2D eigenvalue weighted by atomic mass is 9.85. The SMILES string of the molecule is CC#CCC(C=C=CCC(C)(C)C)(COCc1ccccc1)COCc1ccccc1. The van der Waals surface area contributed by atoms with E-state index in [0.29, 0.717) is 32.8 Å². The molecule has 0 unspecified atom stereocenters. The average molecular weight is 417 g/mol. The van der Waals surface area contributed by atoms with Gasteiger partial charge in [-0.25, -0.2) is 0 Å². The number of rotatable bonds is 11. The third-order valence-corrected chi connectivity index (χ3v) is 4.84. The summed E-state index contributed by atoms with van der Waals surface area (Å²) in [5.41, 5.74) is 5.63. The minimum atomic E-state index is -0.346. The second kappa shape index (κ2) is 13.0. The Bertz CT molecular complexity index is 828. The molecule has 0 saturated carbocycles. The summed E-state index contributed by atoms with van der Waals surface area (Å²) in [4.78, 5) is 0. The summed E-state index contributed by atoms with van der Waals surface area (Å²) in [5, 5.41) is 0. The Morgan fingerprint density at radius 3 is 1.77 bits per heavy atom. The Hall–Kier alpha value is -2.56. The van der Waals surface area contributed by atoms with E-state index in [1.807, 2.05) is 43.3 Å². The smallest absolute Gasteiger partial charge is 0.0717 e. The van der Waals surface area contributed by atoms with Crippen LogP contribution in [0.3, 0.4) is 0 Å². The normalized spacial score (nSPS) is 11.2. The summed E-state index contributed by atoms with van der Waals surface area (Å²) in [6.07, 6.45) is 5.86. The quantitative estimate of drug-likeness (QED) is 0.291. The van der Waals surface area contributed by atoms with E-state index in [2.05, 4.69) is 74.8 Å². The first kappa shape index (κ1) is 24.7. The van der Waals surface area contributed by atoms with Crippen molar-refractivity contribution in [3.8, 4) is 11.8 Å². The first-order valence-electron chi connectivity index (χ1n) is 11.0. The zero-order valence-corrected chi connectivity index (χ0v) is 19.5. The van der Waals surface area contributed by atoms with Crippen molar-refractivity contribution >= 4 is 0 Å². The van der Waals surface area contributed by atoms with Crippen LogP contribution in [0.2, 0.25) is 0 Å². The fourth-order valence-corrected chi connectivity index (χ4v) is 3.04. The summed E-state index contributed by atoms with van der Waals surface area (Å²) < 4.78 is 12.3. The molecule has 0 aliphatic heterocycles. The minimum absolute atomic E-state index is 0.236. The second-order valence-electron chi connectivity index (χ2n) is 9.20. The molecule has 0 aromatic heterocycles. The highest BCUT2D eigenvalue weighted by Gasteiger charge is 2.28. The molecule has 2 nitrogen and oxygen atoms in total. The number of hydrogen-bond acceptors (Lipinski definition) is 2. The average Bonchev–Trinajstić information content (AvgIpc) is 2.76. The minimum Gasteiger partial charge on any atom is -0.376 e. The van der Waals surface area contributed by atoms with Crippen molar-refractivity contribution in [2.75, 3.05) is 13.2 Å². The van der Waals surface area contributed by atoms with Crippen LogP contribution >= 0.6 is 0 Å². The van der Waals surface area contributed by atoms with Gasteiger partial charge in [0, 0.05) is 6.42 Å². The first-order chi connectivity index (χ1) is 14.9. The number of benzene rings is 2. The van der Waals surface area contributed by atoms with E-state index < -0.39 is 0 Å². The van der Waals surface area contributed by atoms with Crippen molar-refractivity contribution < 1.29 is 9.47 Å². The molecule has 0 heterocycles. The Morgan fingerprint density at radius 2 is 1.32 bits per heavy atom. The molecule has 0 aliphatic carbocycles. The Kier molecular flexibility index (Phi) is 10.3. The van der Waals surface area contributed by atoms with Crippen LogP contribution in [-0.2, 0) is 22.7 Å². The maximum absolute atomic E-state index is 6.15. The monoisotopic (exact) mass is 416 g/mol. The standard InChI is InChI=1S/C29H36O2/c1-5-6-20-29(21-14-13-19-28(2,3)4,24-30-22-26-15-9-7-10-16-26)25-31-23-27-17-11-8-12-18-27/h7-13,15-18,21H,19-20,22-25H2,1-4H3. The highest BCUT2D eigenvalue weighted by atomic mass is 16.5. The van der Waals surface area contributed by atoms with E-state index in [4.69, 9.17) is 9.47 Å². The maximum atomic E-state index is 6.15. The van der Waals surface area contributed by atoms with Crippen LogP contribution < -0.4 is 0 Å². The van der Waals surface area contributed by atoms with Crippen molar-refractivity contribution in [1.29, 1.82) is 0 Å². The molecule has 0 radical (unpaired) electrons. The van der Waals surface area contributed by atoms with Crippen LogP contribution in [0.15, 0.2) is 78.5 Å². The van der Waals surface area contributed by atoms with Gasteiger partial charge in [-0.05, 0) is 42.0 Å². The summed E-state index contributed by atoms with van der Waals surface area (Å²) in [6.45, 7) is 10.8. The fourth-order valence-electron chi connectivity index (χ4n) is 3.04. The predicted molar refractivity (Wildman–Crippen MR) is 129 cm³/mol. The molecule has 0 amide bonds. The first-order valence-corrected chi connectivity index (χ1v) is 11.0. The van der Waals surface area contributed by atoms with Gasteiger partial charge in [0.2, 0.25) is 0 Å². The topological polar surface area (TPSA) is 18.5 Å². The molecule has 0 aliphatic rings. The Labute approximate surface area is 189 Å². The molecule has 0 atom stereocenters. The number of ether oxygens (including phenoxy) is 2. The highest BCUT2D eigenvalue weighted by molar-refractivity contribution is 5.15.